The summed E-state index contributed by atoms with van der Waals surface area (Å²) in [7, 11) is 0. The summed E-state index contributed by atoms with van der Waals surface area (Å²) >= 11 is 1.25. The Hall–Kier alpha value is -3.39. The molecule has 3 aromatic heterocycles. The van der Waals surface area contributed by atoms with Crippen LogP contribution in [0, 0.1) is 0 Å². The molecule has 1 amide bonds. The van der Waals surface area contributed by atoms with E-state index >= 15 is 0 Å². The van der Waals surface area contributed by atoms with Gasteiger partial charge in [-0.25, -0.2) is 4.79 Å². The van der Waals surface area contributed by atoms with E-state index in [2.05, 4.69) is 17.4 Å². The smallest absolute Gasteiger partial charge is 0.332 e. The number of fused-ring (bicyclic) bond motifs is 1. The molecule has 0 spiro atoms. The molecular weight excluding hydrogens is 414 g/mol. The van der Waals surface area contributed by atoms with Crippen LogP contribution < -0.4 is 16.6 Å². The highest BCUT2D eigenvalue weighted by Gasteiger charge is 2.18. The Morgan fingerprint density at radius 2 is 1.90 bits per heavy atom. The van der Waals surface area contributed by atoms with Crippen molar-refractivity contribution < 1.29 is 9.21 Å². The van der Waals surface area contributed by atoms with Crippen molar-refractivity contribution in [3.8, 4) is 0 Å². The zero-order valence-corrected chi connectivity index (χ0v) is 17.9. The number of carbonyl (C=O) groups is 1. The summed E-state index contributed by atoms with van der Waals surface area (Å²) in [5.74, 6) is 0.235. The summed E-state index contributed by atoms with van der Waals surface area (Å²) in [5.41, 5.74) is 0.784. The van der Waals surface area contributed by atoms with Crippen LogP contribution in [0.2, 0.25) is 0 Å². The van der Waals surface area contributed by atoms with Crippen LogP contribution in [0.4, 0.5) is 0 Å². The first kappa shape index (κ1) is 20.9. The average Bonchev–Trinajstić information content (AvgIpc) is 3.46. The van der Waals surface area contributed by atoms with Gasteiger partial charge in [0.2, 0.25) is 5.91 Å². The lowest BCUT2D eigenvalue weighted by Crippen LogP contribution is -2.43. The molecule has 4 aromatic rings. The molecule has 4 rings (SSSR count). The number of thiophene rings is 1. The minimum Gasteiger partial charge on any atom is -0.467 e. The maximum Gasteiger partial charge on any atom is 0.332 e. The fourth-order valence-electron chi connectivity index (χ4n) is 3.55. The molecule has 0 aliphatic heterocycles. The van der Waals surface area contributed by atoms with Gasteiger partial charge in [0.05, 0.1) is 18.3 Å². The topological polar surface area (TPSA) is 86.2 Å². The highest BCUT2D eigenvalue weighted by atomic mass is 32.1. The summed E-state index contributed by atoms with van der Waals surface area (Å²) < 4.78 is 8.21. The Balaban J connectivity index is 1.52. The number of aryl methyl sites for hydroxylation is 1. The van der Waals surface area contributed by atoms with Crippen LogP contribution in [-0.4, -0.2) is 21.1 Å². The van der Waals surface area contributed by atoms with Crippen LogP contribution in [0.25, 0.3) is 10.2 Å². The van der Waals surface area contributed by atoms with Crippen molar-refractivity contribution >= 4 is 27.5 Å². The molecule has 8 heteroatoms. The molecule has 0 aliphatic rings. The fraction of sp³-hybridized carbons (Fsp3) is 0.261. The second-order valence-electron chi connectivity index (χ2n) is 7.47. The molecule has 0 unspecified atom stereocenters. The van der Waals surface area contributed by atoms with Crippen molar-refractivity contribution in [2.75, 3.05) is 0 Å². The maximum atomic E-state index is 13.1. The van der Waals surface area contributed by atoms with Gasteiger partial charge in [0, 0.05) is 6.04 Å². The molecule has 1 aromatic carbocycles. The predicted molar refractivity (Wildman–Crippen MR) is 121 cm³/mol. The Morgan fingerprint density at radius 3 is 2.65 bits per heavy atom. The van der Waals surface area contributed by atoms with Crippen LogP contribution in [0.3, 0.4) is 0 Å². The minimum absolute atomic E-state index is 0.0214. The normalized spacial score (nSPS) is 12.2. The molecule has 7 nitrogen and oxygen atoms in total. The number of furan rings is 1. The lowest BCUT2D eigenvalue weighted by molar-refractivity contribution is -0.122. The van der Waals surface area contributed by atoms with Gasteiger partial charge < -0.3 is 9.73 Å². The Labute approximate surface area is 182 Å². The van der Waals surface area contributed by atoms with Gasteiger partial charge in [-0.3, -0.25) is 18.7 Å². The van der Waals surface area contributed by atoms with Gasteiger partial charge in [-0.05, 0) is 48.9 Å². The number of carbonyl (C=O) groups excluding carboxylic acids is 1. The van der Waals surface area contributed by atoms with Crippen LogP contribution in [0.1, 0.15) is 24.7 Å². The zero-order valence-electron chi connectivity index (χ0n) is 17.1. The first-order valence-corrected chi connectivity index (χ1v) is 11.0. The van der Waals surface area contributed by atoms with E-state index in [9.17, 15) is 14.4 Å². The fourth-order valence-corrected chi connectivity index (χ4v) is 4.39. The third-order valence-electron chi connectivity index (χ3n) is 5.15. The molecule has 0 radical (unpaired) electrons. The van der Waals surface area contributed by atoms with Crippen LogP contribution in [-0.2, 0) is 24.3 Å². The van der Waals surface area contributed by atoms with Gasteiger partial charge in [0.1, 0.15) is 17.0 Å². The van der Waals surface area contributed by atoms with Crippen molar-refractivity contribution in [3.63, 3.8) is 0 Å². The Bertz CT molecular complexity index is 1290. The quantitative estimate of drug-likeness (QED) is 0.459. The number of benzene rings is 1. The molecule has 0 bridgehead atoms. The first-order valence-electron chi connectivity index (χ1n) is 10.1. The van der Waals surface area contributed by atoms with Crippen LogP contribution in [0.5, 0.6) is 0 Å². The molecule has 0 fully saturated rings. The molecule has 160 valence electrons. The lowest BCUT2D eigenvalue weighted by Gasteiger charge is -2.16. The number of nitrogens with one attached hydrogen (secondary N) is 1. The predicted octanol–water partition coefficient (Wildman–Crippen LogP) is 3.00. The summed E-state index contributed by atoms with van der Waals surface area (Å²) in [6.07, 6.45) is 3.13. The number of aromatic nitrogens is 2. The second-order valence-corrected chi connectivity index (χ2v) is 8.38. The zero-order chi connectivity index (χ0) is 21.8. The van der Waals surface area contributed by atoms with Crippen molar-refractivity contribution in [2.24, 2.45) is 0 Å². The van der Waals surface area contributed by atoms with E-state index in [0.29, 0.717) is 16.0 Å². The van der Waals surface area contributed by atoms with E-state index in [1.807, 2.05) is 25.1 Å². The van der Waals surface area contributed by atoms with E-state index in [4.69, 9.17) is 4.42 Å². The molecule has 0 saturated heterocycles. The Morgan fingerprint density at radius 1 is 1.10 bits per heavy atom. The van der Waals surface area contributed by atoms with E-state index in [0.717, 1.165) is 17.4 Å². The third kappa shape index (κ3) is 4.69. The SMILES string of the molecule is C[C@@H](CCc1ccccc1)NC(=O)Cn1c(=O)n(Cc2ccco2)c(=O)c2sccc21. The van der Waals surface area contributed by atoms with Gasteiger partial charge in [-0.1, -0.05) is 30.3 Å². The van der Waals surface area contributed by atoms with Gasteiger partial charge in [-0.2, -0.15) is 0 Å². The summed E-state index contributed by atoms with van der Waals surface area (Å²) in [5, 5.41) is 4.71. The van der Waals surface area contributed by atoms with Gasteiger partial charge >= 0.3 is 5.69 Å². The third-order valence-corrected chi connectivity index (χ3v) is 6.04. The Kier molecular flexibility index (Phi) is 6.18. The van der Waals surface area contributed by atoms with E-state index < -0.39 is 5.69 Å². The number of rotatable bonds is 8. The molecule has 31 heavy (non-hydrogen) atoms. The van der Waals surface area contributed by atoms with Gasteiger partial charge in [0.15, 0.2) is 0 Å². The minimum atomic E-state index is -0.528. The highest BCUT2D eigenvalue weighted by molar-refractivity contribution is 7.17. The highest BCUT2D eigenvalue weighted by Crippen LogP contribution is 2.15. The van der Waals surface area contributed by atoms with Crippen molar-refractivity contribution in [2.45, 2.75) is 38.9 Å². The lowest BCUT2D eigenvalue weighted by atomic mass is 10.1. The van der Waals surface area contributed by atoms with Crippen LogP contribution >= 0.6 is 11.3 Å². The standard InChI is InChI=1S/C23H23N3O4S/c1-16(9-10-17-6-3-2-4-7-17)24-20(27)15-25-19-11-13-31-21(19)22(28)26(23(25)29)14-18-8-5-12-30-18/h2-8,11-13,16H,9-10,14-15H2,1H3,(H,24,27)/t16-/m0/s1. The van der Waals surface area contributed by atoms with Gasteiger partial charge in [0.25, 0.3) is 5.56 Å². The number of hydrogen-bond donors (Lipinski definition) is 1. The summed E-state index contributed by atoms with van der Waals surface area (Å²) in [6.45, 7) is 1.81. The molecule has 1 atom stereocenters. The largest absolute Gasteiger partial charge is 0.467 e. The molecule has 0 aliphatic carbocycles. The number of hydrogen-bond acceptors (Lipinski definition) is 5. The van der Waals surface area contributed by atoms with E-state index in [1.54, 1.807) is 23.6 Å². The first-order chi connectivity index (χ1) is 15.0. The summed E-state index contributed by atoms with van der Waals surface area (Å²) in [6, 6.07) is 15.1. The van der Waals surface area contributed by atoms with Crippen molar-refractivity contribution in [3.05, 3.63) is 92.3 Å². The second kappa shape index (κ2) is 9.18. The molecule has 1 N–H and O–H groups in total. The number of amides is 1. The van der Waals surface area contributed by atoms with Gasteiger partial charge in [-0.15, -0.1) is 11.3 Å². The van der Waals surface area contributed by atoms with E-state index in [1.165, 1.54) is 27.7 Å². The van der Waals surface area contributed by atoms with Crippen LogP contribution in [0.15, 0.2) is 74.2 Å². The van der Waals surface area contributed by atoms with Crippen molar-refractivity contribution in [1.82, 2.24) is 14.5 Å². The number of nitrogens with zero attached hydrogens (tertiary/aromatic N) is 2. The van der Waals surface area contributed by atoms with E-state index in [-0.39, 0.29) is 30.6 Å². The summed E-state index contributed by atoms with van der Waals surface area (Å²) in [4.78, 5) is 38.6. The maximum absolute atomic E-state index is 13.1. The van der Waals surface area contributed by atoms with Crippen molar-refractivity contribution in [1.29, 1.82) is 0 Å². The molecule has 0 saturated carbocycles. The molecular formula is C23H23N3O4S. The molecule has 3 heterocycles. The monoisotopic (exact) mass is 437 g/mol. The average molecular weight is 438 g/mol.